The lowest BCUT2D eigenvalue weighted by molar-refractivity contribution is -0.137. The molecule has 0 spiro atoms. The molecule has 0 N–H and O–H groups in total. The molecule has 1 aromatic carbocycles. The zero-order valence-electron chi connectivity index (χ0n) is 19.7. The SMILES string of the molecule is CCCCCCCC(=O)N(Cc1cccn1Cc1cccc(C(F)(F)F)c1)C1CCCCC1. The molecule has 6 heteroatoms. The van der Waals surface area contributed by atoms with Gasteiger partial charge in [0.1, 0.15) is 0 Å². The third kappa shape index (κ3) is 7.65. The topological polar surface area (TPSA) is 25.2 Å². The number of carbonyl (C=O) groups is 1. The first kappa shape index (κ1) is 25.4. The zero-order valence-corrected chi connectivity index (χ0v) is 19.7. The van der Waals surface area contributed by atoms with Crippen LogP contribution in [0.2, 0.25) is 0 Å². The van der Waals surface area contributed by atoms with Crippen molar-refractivity contribution in [1.82, 2.24) is 9.47 Å². The van der Waals surface area contributed by atoms with Gasteiger partial charge in [-0.05, 0) is 49.1 Å². The van der Waals surface area contributed by atoms with Crippen molar-refractivity contribution < 1.29 is 18.0 Å². The van der Waals surface area contributed by atoms with Gasteiger partial charge < -0.3 is 9.47 Å². The fraction of sp³-hybridized carbons (Fsp3) is 0.593. The maximum Gasteiger partial charge on any atom is 0.416 e. The maximum atomic E-state index is 13.2. The third-order valence-electron chi connectivity index (χ3n) is 6.69. The highest BCUT2D eigenvalue weighted by molar-refractivity contribution is 5.76. The van der Waals surface area contributed by atoms with Crippen LogP contribution >= 0.6 is 0 Å². The fourth-order valence-electron chi connectivity index (χ4n) is 4.80. The minimum absolute atomic E-state index is 0.213. The molecule has 1 aliphatic rings. The van der Waals surface area contributed by atoms with Gasteiger partial charge in [-0.2, -0.15) is 13.2 Å². The predicted molar refractivity (Wildman–Crippen MR) is 126 cm³/mol. The molecule has 0 saturated heterocycles. The number of unbranched alkanes of at least 4 members (excludes halogenated alkanes) is 4. The standard InChI is InChI=1S/C27H37F3N2O/c1-2-3-4-5-9-17-26(33)32(24-14-7-6-8-15-24)21-25-16-11-18-31(25)20-22-12-10-13-23(19-22)27(28,29)30/h10-13,16,18-19,24H,2-9,14-15,17,20-21H2,1H3. The van der Waals surface area contributed by atoms with Crippen LogP contribution in [0.15, 0.2) is 42.6 Å². The summed E-state index contributed by atoms with van der Waals surface area (Å²) in [5.74, 6) is 0.213. The van der Waals surface area contributed by atoms with Crippen LogP contribution in [0.4, 0.5) is 13.2 Å². The highest BCUT2D eigenvalue weighted by Crippen LogP contribution is 2.30. The van der Waals surface area contributed by atoms with E-state index in [1.54, 1.807) is 6.07 Å². The zero-order chi connectivity index (χ0) is 23.7. The van der Waals surface area contributed by atoms with Crippen molar-refractivity contribution in [3.63, 3.8) is 0 Å². The number of carbonyl (C=O) groups excluding carboxylic acids is 1. The number of alkyl halides is 3. The van der Waals surface area contributed by atoms with Gasteiger partial charge in [0, 0.05) is 30.9 Å². The summed E-state index contributed by atoms with van der Waals surface area (Å²) in [6, 6.07) is 9.65. The summed E-state index contributed by atoms with van der Waals surface area (Å²) >= 11 is 0. The number of benzene rings is 1. The van der Waals surface area contributed by atoms with Crippen molar-refractivity contribution in [3.05, 3.63) is 59.4 Å². The number of hydrogen-bond donors (Lipinski definition) is 0. The molecule has 0 aliphatic heterocycles. The van der Waals surface area contributed by atoms with Gasteiger partial charge in [0.2, 0.25) is 5.91 Å². The molecular formula is C27H37F3N2O. The Hall–Kier alpha value is -2.24. The summed E-state index contributed by atoms with van der Waals surface area (Å²) in [5.41, 5.74) is 0.946. The van der Waals surface area contributed by atoms with Gasteiger partial charge in [-0.15, -0.1) is 0 Å². The van der Waals surface area contributed by atoms with Gasteiger partial charge in [0.25, 0.3) is 0 Å². The van der Waals surface area contributed by atoms with Crippen LogP contribution in [0.25, 0.3) is 0 Å². The van der Waals surface area contributed by atoms with Crippen molar-refractivity contribution >= 4 is 5.91 Å². The Morgan fingerprint density at radius 1 is 1.03 bits per heavy atom. The first-order valence-electron chi connectivity index (χ1n) is 12.5. The molecule has 33 heavy (non-hydrogen) atoms. The van der Waals surface area contributed by atoms with E-state index < -0.39 is 11.7 Å². The average molecular weight is 463 g/mol. The van der Waals surface area contributed by atoms with Crippen LogP contribution in [0.5, 0.6) is 0 Å². The second-order valence-corrected chi connectivity index (χ2v) is 9.30. The van der Waals surface area contributed by atoms with Crippen molar-refractivity contribution in [2.75, 3.05) is 0 Å². The number of amides is 1. The molecule has 182 valence electrons. The summed E-state index contributed by atoms with van der Waals surface area (Å²) < 4.78 is 41.3. The summed E-state index contributed by atoms with van der Waals surface area (Å²) in [6.45, 7) is 3.06. The average Bonchev–Trinajstić information content (AvgIpc) is 3.24. The Morgan fingerprint density at radius 2 is 1.79 bits per heavy atom. The van der Waals surface area contributed by atoms with Crippen LogP contribution in [0.3, 0.4) is 0 Å². The Bertz CT molecular complexity index is 868. The van der Waals surface area contributed by atoms with Gasteiger partial charge in [0.15, 0.2) is 0 Å². The smallest absolute Gasteiger partial charge is 0.345 e. The molecule has 1 amide bonds. The van der Waals surface area contributed by atoms with Crippen molar-refractivity contribution in [3.8, 4) is 0 Å². The van der Waals surface area contributed by atoms with Gasteiger partial charge in [-0.1, -0.05) is 64.0 Å². The lowest BCUT2D eigenvalue weighted by Crippen LogP contribution is -2.41. The number of aromatic nitrogens is 1. The Kier molecular flexibility index (Phi) is 9.45. The van der Waals surface area contributed by atoms with Crippen molar-refractivity contribution in [1.29, 1.82) is 0 Å². The van der Waals surface area contributed by atoms with E-state index in [4.69, 9.17) is 0 Å². The fourth-order valence-corrected chi connectivity index (χ4v) is 4.80. The molecule has 3 nitrogen and oxygen atoms in total. The van der Waals surface area contributed by atoms with E-state index in [0.29, 0.717) is 25.1 Å². The van der Waals surface area contributed by atoms with E-state index in [2.05, 4.69) is 11.8 Å². The monoisotopic (exact) mass is 462 g/mol. The quantitative estimate of drug-likeness (QED) is 0.316. The normalized spacial score (nSPS) is 15.0. The van der Waals surface area contributed by atoms with E-state index in [1.165, 1.54) is 37.8 Å². The van der Waals surface area contributed by atoms with Gasteiger partial charge in [0.05, 0.1) is 12.1 Å². The van der Waals surface area contributed by atoms with Crippen LogP contribution in [0.1, 0.15) is 94.4 Å². The van der Waals surface area contributed by atoms with Crippen LogP contribution in [0, 0.1) is 0 Å². The van der Waals surface area contributed by atoms with Crippen molar-refractivity contribution in [2.24, 2.45) is 0 Å². The molecule has 0 atom stereocenters. The molecule has 0 unspecified atom stereocenters. The molecule has 1 aliphatic carbocycles. The van der Waals surface area contributed by atoms with Crippen LogP contribution in [-0.4, -0.2) is 21.4 Å². The van der Waals surface area contributed by atoms with E-state index in [0.717, 1.165) is 50.3 Å². The van der Waals surface area contributed by atoms with Gasteiger partial charge in [-0.25, -0.2) is 0 Å². The molecule has 0 bridgehead atoms. The van der Waals surface area contributed by atoms with E-state index in [-0.39, 0.29) is 11.9 Å². The lowest BCUT2D eigenvalue weighted by Gasteiger charge is -2.35. The molecule has 2 aromatic rings. The Labute approximate surface area is 196 Å². The largest absolute Gasteiger partial charge is 0.416 e. The summed E-state index contributed by atoms with van der Waals surface area (Å²) in [6.07, 6.45) is 9.30. The first-order chi connectivity index (χ1) is 15.9. The molecule has 0 radical (unpaired) electrons. The number of hydrogen-bond acceptors (Lipinski definition) is 1. The first-order valence-corrected chi connectivity index (χ1v) is 12.5. The van der Waals surface area contributed by atoms with Crippen molar-refractivity contribution in [2.45, 2.75) is 103 Å². The highest BCUT2D eigenvalue weighted by Gasteiger charge is 2.30. The summed E-state index contributed by atoms with van der Waals surface area (Å²) in [7, 11) is 0. The van der Waals surface area contributed by atoms with Crippen LogP contribution in [-0.2, 0) is 24.1 Å². The number of nitrogens with zero attached hydrogens (tertiary/aromatic N) is 2. The number of rotatable bonds is 11. The van der Waals surface area contributed by atoms with Gasteiger partial charge >= 0.3 is 6.18 Å². The van der Waals surface area contributed by atoms with E-state index >= 15 is 0 Å². The van der Waals surface area contributed by atoms with Gasteiger partial charge in [-0.3, -0.25) is 4.79 Å². The predicted octanol–water partition coefficient (Wildman–Crippen LogP) is 7.58. The minimum atomic E-state index is -4.35. The van der Waals surface area contributed by atoms with E-state index in [9.17, 15) is 18.0 Å². The molecule has 1 fully saturated rings. The third-order valence-corrected chi connectivity index (χ3v) is 6.69. The Balaban J connectivity index is 1.70. The number of halogens is 3. The summed E-state index contributed by atoms with van der Waals surface area (Å²) in [5, 5.41) is 0. The minimum Gasteiger partial charge on any atom is -0.345 e. The molecule has 1 heterocycles. The molecule has 1 aromatic heterocycles. The molecule has 3 rings (SSSR count). The van der Waals surface area contributed by atoms with Crippen LogP contribution < -0.4 is 0 Å². The maximum absolute atomic E-state index is 13.2. The second-order valence-electron chi connectivity index (χ2n) is 9.30. The molecule has 1 saturated carbocycles. The highest BCUT2D eigenvalue weighted by atomic mass is 19.4. The Morgan fingerprint density at radius 3 is 2.52 bits per heavy atom. The summed E-state index contributed by atoms with van der Waals surface area (Å²) in [4.78, 5) is 15.3. The lowest BCUT2D eigenvalue weighted by atomic mass is 9.93. The molecular weight excluding hydrogens is 425 g/mol. The van der Waals surface area contributed by atoms with E-state index in [1.807, 2.05) is 22.9 Å². The second kappa shape index (κ2) is 12.3.